The first-order valence-electron chi connectivity index (χ1n) is 9.86. The lowest BCUT2D eigenvalue weighted by Gasteiger charge is -2.26. The number of hydrogen-bond donors (Lipinski definition) is 2. The minimum absolute atomic E-state index is 0.0555. The minimum Gasteiger partial charge on any atom is -0.478 e. The highest BCUT2D eigenvalue weighted by Crippen LogP contribution is 2.32. The third-order valence-electron chi connectivity index (χ3n) is 5.46. The summed E-state index contributed by atoms with van der Waals surface area (Å²) in [6.45, 7) is 4.76. The summed E-state index contributed by atoms with van der Waals surface area (Å²) in [4.78, 5) is 13.2. The molecule has 3 atom stereocenters. The van der Waals surface area contributed by atoms with Crippen molar-refractivity contribution >= 4 is 17.7 Å². The van der Waals surface area contributed by atoms with Gasteiger partial charge in [0.2, 0.25) is 0 Å². The van der Waals surface area contributed by atoms with Gasteiger partial charge in [-0.2, -0.15) is 5.26 Å². The molecule has 0 aromatic heterocycles. The zero-order chi connectivity index (χ0) is 21.0. The zero-order valence-corrected chi connectivity index (χ0v) is 16.7. The standard InChI is InChI=1S/C24H26N2O3/c1-16(2)23(27)18-8-10-21(11-9-18)26-14-13-20(15-25)22(26)12-5-17-3-6-19(7-4-17)24(28)29/h3-12,16,20,22-23,27H,13-14H2,1-2H3,(H,28,29)/b12-5+. The number of aromatic carboxylic acids is 1. The number of nitriles is 1. The van der Waals surface area contributed by atoms with Crippen molar-refractivity contribution in [3.8, 4) is 6.07 Å². The largest absolute Gasteiger partial charge is 0.478 e. The van der Waals surface area contributed by atoms with Gasteiger partial charge in [-0.15, -0.1) is 0 Å². The number of benzene rings is 2. The Morgan fingerprint density at radius 2 is 1.83 bits per heavy atom. The average Bonchev–Trinajstić information content (AvgIpc) is 3.15. The van der Waals surface area contributed by atoms with Crippen molar-refractivity contribution in [2.24, 2.45) is 11.8 Å². The van der Waals surface area contributed by atoms with Crippen LogP contribution >= 0.6 is 0 Å². The highest BCUT2D eigenvalue weighted by atomic mass is 16.4. The van der Waals surface area contributed by atoms with Crippen LogP contribution in [0.25, 0.3) is 6.08 Å². The van der Waals surface area contributed by atoms with Gasteiger partial charge in [0.05, 0.1) is 29.7 Å². The van der Waals surface area contributed by atoms with Crippen LogP contribution in [0.5, 0.6) is 0 Å². The summed E-state index contributed by atoms with van der Waals surface area (Å²) >= 11 is 0. The van der Waals surface area contributed by atoms with E-state index in [0.29, 0.717) is 0 Å². The molecule has 5 nitrogen and oxygen atoms in total. The normalized spacial score (nSPS) is 20.2. The van der Waals surface area contributed by atoms with Crippen molar-refractivity contribution < 1.29 is 15.0 Å². The van der Waals surface area contributed by atoms with E-state index in [-0.39, 0.29) is 23.4 Å². The summed E-state index contributed by atoms with van der Waals surface area (Å²) in [6, 6.07) is 16.9. The number of rotatable bonds is 6. The number of aliphatic hydroxyl groups is 1. The van der Waals surface area contributed by atoms with Gasteiger partial charge in [-0.25, -0.2) is 4.79 Å². The molecule has 29 heavy (non-hydrogen) atoms. The maximum absolute atomic E-state index is 11.0. The molecule has 5 heteroatoms. The number of carboxylic acid groups (broad SMARTS) is 1. The van der Waals surface area contributed by atoms with Gasteiger partial charge < -0.3 is 15.1 Å². The van der Waals surface area contributed by atoms with E-state index < -0.39 is 12.1 Å². The number of hydrogen-bond acceptors (Lipinski definition) is 4. The van der Waals surface area contributed by atoms with Gasteiger partial charge in [-0.3, -0.25) is 0 Å². The summed E-state index contributed by atoms with van der Waals surface area (Å²) in [6.07, 6.45) is 4.27. The minimum atomic E-state index is -0.946. The van der Waals surface area contributed by atoms with Crippen LogP contribution in [0.4, 0.5) is 5.69 Å². The van der Waals surface area contributed by atoms with Crippen molar-refractivity contribution in [2.45, 2.75) is 32.4 Å². The molecule has 1 saturated heterocycles. The second-order valence-electron chi connectivity index (χ2n) is 7.77. The lowest BCUT2D eigenvalue weighted by molar-refractivity contribution is 0.0697. The fraction of sp³-hybridized carbons (Fsp3) is 0.333. The quantitative estimate of drug-likeness (QED) is 0.758. The maximum atomic E-state index is 11.0. The molecule has 3 unspecified atom stereocenters. The van der Waals surface area contributed by atoms with Crippen LogP contribution in [-0.2, 0) is 0 Å². The summed E-state index contributed by atoms with van der Waals surface area (Å²) in [7, 11) is 0. The van der Waals surface area contributed by atoms with E-state index in [0.717, 1.165) is 29.8 Å². The van der Waals surface area contributed by atoms with E-state index in [1.165, 1.54) is 0 Å². The van der Waals surface area contributed by atoms with E-state index in [1.54, 1.807) is 24.3 Å². The number of carboxylic acids is 1. The molecule has 0 saturated carbocycles. The summed E-state index contributed by atoms with van der Waals surface area (Å²) in [5, 5.41) is 28.8. The second kappa shape index (κ2) is 8.93. The molecule has 0 aliphatic carbocycles. The van der Waals surface area contributed by atoms with E-state index in [4.69, 9.17) is 5.11 Å². The van der Waals surface area contributed by atoms with Gasteiger partial charge in [0, 0.05) is 12.2 Å². The first-order valence-corrected chi connectivity index (χ1v) is 9.86. The van der Waals surface area contributed by atoms with Crippen molar-refractivity contribution in [1.29, 1.82) is 5.26 Å². The number of anilines is 1. The molecule has 2 N–H and O–H groups in total. The average molecular weight is 390 g/mol. The van der Waals surface area contributed by atoms with E-state index in [1.807, 2.05) is 50.3 Å². The Labute approximate surface area is 171 Å². The number of carbonyl (C=O) groups is 1. The fourth-order valence-corrected chi connectivity index (χ4v) is 3.69. The molecular weight excluding hydrogens is 364 g/mol. The molecule has 0 radical (unpaired) electrons. The molecule has 1 aliphatic heterocycles. The van der Waals surface area contributed by atoms with Crippen LogP contribution in [-0.4, -0.2) is 28.8 Å². The Kier molecular flexibility index (Phi) is 6.36. The van der Waals surface area contributed by atoms with E-state index in [9.17, 15) is 15.2 Å². The van der Waals surface area contributed by atoms with Crippen LogP contribution in [0.2, 0.25) is 0 Å². The van der Waals surface area contributed by atoms with Crippen molar-refractivity contribution in [1.82, 2.24) is 0 Å². The summed E-state index contributed by atoms with van der Waals surface area (Å²) in [5.74, 6) is -0.901. The topological polar surface area (TPSA) is 84.6 Å². The highest BCUT2D eigenvalue weighted by molar-refractivity contribution is 5.87. The molecule has 0 bridgehead atoms. The van der Waals surface area contributed by atoms with E-state index >= 15 is 0 Å². The molecule has 2 aromatic rings. The van der Waals surface area contributed by atoms with Crippen molar-refractivity contribution in [2.75, 3.05) is 11.4 Å². The Hall–Kier alpha value is -3.10. The summed E-state index contributed by atoms with van der Waals surface area (Å²) in [5.41, 5.74) is 3.07. The second-order valence-corrected chi connectivity index (χ2v) is 7.77. The van der Waals surface area contributed by atoms with Gasteiger partial charge in [-0.1, -0.05) is 50.3 Å². The van der Waals surface area contributed by atoms with Gasteiger partial charge >= 0.3 is 5.97 Å². The molecule has 3 rings (SSSR count). The third-order valence-corrected chi connectivity index (χ3v) is 5.46. The first-order chi connectivity index (χ1) is 13.9. The van der Waals surface area contributed by atoms with Crippen LogP contribution in [0.15, 0.2) is 54.6 Å². The highest BCUT2D eigenvalue weighted by Gasteiger charge is 2.32. The monoisotopic (exact) mass is 390 g/mol. The predicted octanol–water partition coefficient (Wildman–Crippen LogP) is 4.51. The van der Waals surface area contributed by atoms with Crippen LogP contribution in [0, 0.1) is 23.2 Å². The van der Waals surface area contributed by atoms with Gasteiger partial charge in [-0.05, 0) is 47.7 Å². The third kappa shape index (κ3) is 4.67. The number of aliphatic hydroxyl groups excluding tert-OH is 1. The molecular formula is C24H26N2O3. The Balaban J connectivity index is 1.80. The first kappa shape index (κ1) is 20.6. The van der Waals surface area contributed by atoms with Crippen LogP contribution in [0.1, 0.15) is 47.9 Å². The van der Waals surface area contributed by atoms with Gasteiger partial charge in [0.25, 0.3) is 0 Å². The zero-order valence-electron chi connectivity index (χ0n) is 16.7. The smallest absolute Gasteiger partial charge is 0.335 e. The van der Waals surface area contributed by atoms with Crippen molar-refractivity contribution in [3.05, 3.63) is 71.3 Å². The fourth-order valence-electron chi connectivity index (χ4n) is 3.69. The Bertz CT molecular complexity index is 911. The molecule has 0 amide bonds. The predicted molar refractivity (Wildman–Crippen MR) is 114 cm³/mol. The summed E-state index contributed by atoms with van der Waals surface area (Å²) < 4.78 is 0. The maximum Gasteiger partial charge on any atom is 0.335 e. The van der Waals surface area contributed by atoms with Gasteiger partial charge in [0.1, 0.15) is 0 Å². The molecule has 2 aromatic carbocycles. The van der Waals surface area contributed by atoms with Crippen LogP contribution < -0.4 is 4.90 Å². The molecule has 150 valence electrons. The van der Waals surface area contributed by atoms with Crippen LogP contribution in [0.3, 0.4) is 0 Å². The molecule has 1 heterocycles. The van der Waals surface area contributed by atoms with E-state index in [2.05, 4.69) is 11.0 Å². The lowest BCUT2D eigenvalue weighted by Crippen LogP contribution is -2.30. The SMILES string of the molecule is CC(C)C(O)c1ccc(N2CCC(C#N)C2/C=C/c2ccc(C(=O)O)cc2)cc1. The van der Waals surface area contributed by atoms with Gasteiger partial charge in [0.15, 0.2) is 0 Å². The Morgan fingerprint density at radius 1 is 1.17 bits per heavy atom. The number of nitrogens with zero attached hydrogens (tertiary/aromatic N) is 2. The Morgan fingerprint density at radius 3 is 2.38 bits per heavy atom. The lowest BCUT2D eigenvalue weighted by atomic mass is 9.98. The molecule has 0 spiro atoms. The molecule has 1 aliphatic rings. The van der Waals surface area contributed by atoms with Crippen molar-refractivity contribution in [3.63, 3.8) is 0 Å². The molecule has 1 fully saturated rings.